The molecule has 1 N–H and O–H groups in total. The van der Waals surface area contributed by atoms with E-state index in [1.165, 1.54) is 0 Å². The molecule has 0 aliphatic carbocycles. The number of fused-ring (bicyclic) bond motifs is 1. The van der Waals surface area contributed by atoms with E-state index in [0.29, 0.717) is 29.1 Å². The van der Waals surface area contributed by atoms with E-state index in [4.69, 9.17) is 21.6 Å². The van der Waals surface area contributed by atoms with Gasteiger partial charge in [0.25, 0.3) is 0 Å². The lowest BCUT2D eigenvalue weighted by Crippen LogP contribution is -2.02. The summed E-state index contributed by atoms with van der Waals surface area (Å²) in [4.78, 5) is 13.1. The minimum Gasteiger partial charge on any atom is -0.497 e. The molecule has 0 spiro atoms. The summed E-state index contributed by atoms with van der Waals surface area (Å²) < 4.78 is 7.11. The Kier molecular flexibility index (Phi) is 4.79. The van der Waals surface area contributed by atoms with Gasteiger partial charge in [0.2, 0.25) is 5.28 Å². The first kappa shape index (κ1) is 17.8. The Bertz CT molecular complexity index is 1160. The van der Waals surface area contributed by atoms with Crippen LogP contribution in [-0.4, -0.2) is 26.6 Å². The Hall–Kier alpha value is -3.63. The summed E-state index contributed by atoms with van der Waals surface area (Å²) in [5.74, 6) is 1.31. The molecule has 4 aromatic rings. The van der Waals surface area contributed by atoms with Gasteiger partial charge in [0.1, 0.15) is 5.75 Å². The second-order valence-corrected chi connectivity index (χ2v) is 6.39. The predicted octanol–water partition coefficient (Wildman–Crippen LogP) is 4.15. The standard InChI is InChI=1S/C20H15ClN6O/c1-28-16-8-4-14(5-9-16)11-27-12-23-17-18(25-20(21)26-19(17)27)24-15-6-2-13(10-22)3-7-15/h2-9,12H,11H2,1H3,(H,24,25,26). The highest BCUT2D eigenvalue weighted by molar-refractivity contribution is 6.28. The van der Waals surface area contributed by atoms with Crippen LogP contribution in [0.15, 0.2) is 54.9 Å². The van der Waals surface area contributed by atoms with Gasteiger partial charge in [0.05, 0.1) is 31.6 Å². The van der Waals surface area contributed by atoms with Crippen molar-refractivity contribution in [2.45, 2.75) is 6.54 Å². The maximum atomic E-state index is 8.92. The first-order valence-electron chi connectivity index (χ1n) is 8.45. The fourth-order valence-corrected chi connectivity index (χ4v) is 2.98. The Morgan fingerprint density at radius 2 is 1.86 bits per heavy atom. The first-order chi connectivity index (χ1) is 13.7. The number of benzene rings is 2. The Balaban J connectivity index is 1.66. The molecule has 28 heavy (non-hydrogen) atoms. The van der Waals surface area contributed by atoms with E-state index in [1.807, 2.05) is 28.8 Å². The number of rotatable bonds is 5. The highest BCUT2D eigenvalue weighted by Gasteiger charge is 2.13. The van der Waals surface area contributed by atoms with E-state index in [0.717, 1.165) is 17.0 Å². The molecule has 2 aromatic heterocycles. The molecule has 2 aromatic carbocycles. The highest BCUT2D eigenvalue weighted by atomic mass is 35.5. The summed E-state index contributed by atoms with van der Waals surface area (Å²) >= 11 is 6.15. The lowest BCUT2D eigenvalue weighted by Gasteiger charge is -2.08. The van der Waals surface area contributed by atoms with Crippen LogP contribution in [0.1, 0.15) is 11.1 Å². The summed E-state index contributed by atoms with van der Waals surface area (Å²) in [6.45, 7) is 0.587. The number of methoxy groups -OCH3 is 1. The van der Waals surface area contributed by atoms with Gasteiger partial charge in [-0.3, -0.25) is 0 Å². The molecule has 138 valence electrons. The number of anilines is 2. The predicted molar refractivity (Wildman–Crippen MR) is 107 cm³/mol. The third-order valence-corrected chi connectivity index (χ3v) is 4.39. The zero-order valence-corrected chi connectivity index (χ0v) is 15.7. The zero-order valence-electron chi connectivity index (χ0n) is 14.9. The van der Waals surface area contributed by atoms with Gasteiger partial charge in [0, 0.05) is 5.69 Å². The first-order valence-corrected chi connectivity index (χ1v) is 8.82. The van der Waals surface area contributed by atoms with Crippen LogP contribution in [0.5, 0.6) is 5.75 Å². The zero-order chi connectivity index (χ0) is 19.5. The monoisotopic (exact) mass is 390 g/mol. The van der Waals surface area contributed by atoms with Crippen molar-refractivity contribution in [2.75, 3.05) is 12.4 Å². The average Bonchev–Trinajstić information content (AvgIpc) is 3.12. The van der Waals surface area contributed by atoms with Gasteiger partial charge in [-0.1, -0.05) is 12.1 Å². The Morgan fingerprint density at radius 1 is 1.11 bits per heavy atom. The number of imidazole rings is 1. The summed E-state index contributed by atoms with van der Waals surface area (Å²) in [7, 11) is 1.64. The largest absolute Gasteiger partial charge is 0.497 e. The SMILES string of the molecule is COc1ccc(Cn2cnc3c(Nc4ccc(C#N)cc4)nc(Cl)nc32)cc1. The maximum absolute atomic E-state index is 8.92. The van der Waals surface area contributed by atoms with Crippen LogP contribution in [0.3, 0.4) is 0 Å². The molecule has 0 fully saturated rings. The van der Waals surface area contributed by atoms with Crippen molar-refractivity contribution in [2.24, 2.45) is 0 Å². The third-order valence-electron chi connectivity index (χ3n) is 4.23. The Morgan fingerprint density at radius 3 is 2.54 bits per heavy atom. The molecule has 8 heteroatoms. The molecule has 2 heterocycles. The van der Waals surface area contributed by atoms with Crippen LogP contribution in [0.4, 0.5) is 11.5 Å². The summed E-state index contributed by atoms with van der Waals surface area (Å²) in [5, 5.41) is 12.2. The van der Waals surface area contributed by atoms with Crippen molar-refractivity contribution < 1.29 is 4.74 Å². The van der Waals surface area contributed by atoms with Crippen LogP contribution in [0.25, 0.3) is 11.2 Å². The van der Waals surface area contributed by atoms with Crippen LogP contribution in [0, 0.1) is 11.3 Å². The summed E-state index contributed by atoms with van der Waals surface area (Å²) in [6, 6.07) is 16.9. The average molecular weight is 391 g/mol. The minimum absolute atomic E-state index is 0.125. The van der Waals surface area contributed by atoms with Gasteiger partial charge in [-0.25, -0.2) is 4.98 Å². The minimum atomic E-state index is 0.125. The smallest absolute Gasteiger partial charge is 0.226 e. The van der Waals surface area contributed by atoms with Crippen LogP contribution in [-0.2, 0) is 6.54 Å². The molecule has 0 amide bonds. The lowest BCUT2D eigenvalue weighted by molar-refractivity contribution is 0.414. The normalized spacial score (nSPS) is 10.6. The molecule has 0 unspecified atom stereocenters. The van der Waals surface area contributed by atoms with Gasteiger partial charge in [-0.2, -0.15) is 15.2 Å². The van der Waals surface area contributed by atoms with E-state index in [2.05, 4.69) is 26.3 Å². The molecule has 4 rings (SSSR count). The third kappa shape index (κ3) is 3.59. The fraction of sp³-hybridized carbons (Fsp3) is 0.100. The topological polar surface area (TPSA) is 88.6 Å². The number of aromatic nitrogens is 4. The number of hydrogen-bond acceptors (Lipinski definition) is 6. The number of ether oxygens (including phenoxy) is 1. The summed E-state index contributed by atoms with van der Waals surface area (Å²) in [5.41, 5.74) is 3.69. The Labute approximate surface area is 166 Å². The van der Waals surface area contributed by atoms with Crippen LogP contribution < -0.4 is 10.1 Å². The number of halogens is 1. The molecule has 0 aliphatic heterocycles. The second-order valence-electron chi connectivity index (χ2n) is 6.05. The molecule has 0 atom stereocenters. The van der Waals surface area contributed by atoms with Crippen molar-refractivity contribution in [3.05, 3.63) is 71.3 Å². The number of nitrogens with zero attached hydrogens (tertiary/aromatic N) is 5. The van der Waals surface area contributed by atoms with Gasteiger partial charge in [0.15, 0.2) is 17.0 Å². The quantitative estimate of drug-likeness (QED) is 0.515. The molecular formula is C20H15ClN6O. The van der Waals surface area contributed by atoms with Gasteiger partial charge in [-0.05, 0) is 53.6 Å². The number of hydrogen-bond donors (Lipinski definition) is 1. The number of nitriles is 1. The molecule has 7 nitrogen and oxygen atoms in total. The van der Waals surface area contributed by atoms with Gasteiger partial charge >= 0.3 is 0 Å². The van der Waals surface area contributed by atoms with Crippen molar-refractivity contribution in [3.8, 4) is 11.8 Å². The molecule has 0 saturated carbocycles. The van der Waals surface area contributed by atoms with E-state index in [-0.39, 0.29) is 5.28 Å². The van der Waals surface area contributed by atoms with Crippen LogP contribution in [0.2, 0.25) is 5.28 Å². The highest BCUT2D eigenvalue weighted by Crippen LogP contribution is 2.25. The summed E-state index contributed by atoms with van der Waals surface area (Å²) in [6.07, 6.45) is 1.71. The van der Waals surface area contributed by atoms with Gasteiger partial charge in [-0.15, -0.1) is 0 Å². The molecule has 0 aliphatic rings. The van der Waals surface area contributed by atoms with E-state index < -0.39 is 0 Å². The number of nitrogens with one attached hydrogen (secondary N) is 1. The fourth-order valence-electron chi connectivity index (χ4n) is 2.81. The van der Waals surface area contributed by atoms with E-state index in [1.54, 1.807) is 37.7 Å². The second kappa shape index (κ2) is 7.55. The van der Waals surface area contributed by atoms with Crippen molar-refractivity contribution in [3.63, 3.8) is 0 Å². The van der Waals surface area contributed by atoms with Crippen molar-refractivity contribution >= 4 is 34.3 Å². The lowest BCUT2D eigenvalue weighted by atomic mass is 10.2. The molecule has 0 radical (unpaired) electrons. The van der Waals surface area contributed by atoms with Crippen LogP contribution >= 0.6 is 11.6 Å². The van der Waals surface area contributed by atoms with Crippen molar-refractivity contribution in [1.82, 2.24) is 19.5 Å². The maximum Gasteiger partial charge on any atom is 0.226 e. The van der Waals surface area contributed by atoms with E-state index in [9.17, 15) is 0 Å². The molecular weight excluding hydrogens is 376 g/mol. The van der Waals surface area contributed by atoms with Gasteiger partial charge < -0.3 is 14.6 Å². The van der Waals surface area contributed by atoms with E-state index >= 15 is 0 Å². The molecule has 0 bridgehead atoms. The molecule has 0 saturated heterocycles. The van der Waals surface area contributed by atoms with Crippen molar-refractivity contribution in [1.29, 1.82) is 5.26 Å².